The Hall–Kier alpha value is -1.51. The van der Waals surface area contributed by atoms with Crippen LogP contribution in [0.1, 0.15) is 17.2 Å². The Morgan fingerprint density at radius 3 is 2.70 bits per heavy atom. The molecule has 1 heterocycles. The van der Waals surface area contributed by atoms with Crippen molar-refractivity contribution >= 4 is 11.6 Å². The van der Waals surface area contributed by atoms with Gasteiger partial charge in [0.15, 0.2) is 0 Å². The number of ether oxygens (including phenoxy) is 1. The van der Waals surface area contributed by atoms with Crippen molar-refractivity contribution in [2.24, 2.45) is 5.92 Å². The highest BCUT2D eigenvalue weighted by molar-refractivity contribution is 6.31. The Bertz CT molecular complexity index is 599. The molecular weight excluding hydrogens is 270 g/mol. The van der Waals surface area contributed by atoms with Gasteiger partial charge in [-0.3, -0.25) is 0 Å². The fourth-order valence-corrected chi connectivity index (χ4v) is 3.19. The quantitative estimate of drug-likeness (QED) is 0.926. The van der Waals surface area contributed by atoms with E-state index in [0.29, 0.717) is 12.5 Å². The van der Waals surface area contributed by atoms with Gasteiger partial charge < -0.3 is 10.1 Å². The Balaban J connectivity index is 1.87. The van der Waals surface area contributed by atoms with Crippen LogP contribution in [0.25, 0.3) is 0 Å². The molecule has 1 aliphatic heterocycles. The summed E-state index contributed by atoms with van der Waals surface area (Å²) in [4.78, 5) is 0. The van der Waals surface area contributed by atoms with Crippen LogP contribution in [0.15, 0.2) is 48.5 Å². The van der Waals surface area contributed by atoms with E-state index in [4.69, 9.17) is 16.3 Å². The van der Waals surface area contributed by atoms with Crippen molar-refractivity contribution in [3.63, 3.8) is 0 Å². The van der Waals surface area contributed by atoms with Crippen LogP contribution in [-0.4, -0.2) is 13.7 Å². The lowest BCUT2D eigenvalue weighted by molar-refractivity contribution is 0.188. The molecule has 20 heavy (non-hydrogen) atoms. The number of fused-ring (bicyclic) bond motifs is 1. The van der Waals surface area contributed by atoms with E-state index < -0.39 is 0 Å². The zero-order valence-electron chi connectivity index (χ0n) is 11.5. The van der Waals surface area contributed by atoms with Crippen molar-refractivity contribution in [1.82, 2.24) is 5.32 Å². The third-order valence-corrected chi connectivity index (χ3v) is 4.27. The van der Waals surface area contributed by atoms with Crippen molar-refractivity contribution in [2.75, 3.05) is 13.7 Å². The normalized spacial score (nSPS) is 19.0. The van der Waals surface area contributed by atoms with Gasteiger partial charge >= 0.3 is 0 Å². The van der Waals surface area contributed by atoms with E-state index in [2.05, 4.69) is 23.5 Å². The fourth-order valence-electron chi connectivity index (χ4n) is 2.94. The number of nitrogens with one attached hydrogen (secondary N) is 1. The number of rotatable bonds is 3. The maximum atomic E-state index is 6.34. The third kappa shape index (κ3) is 2.54. The van der Waals surface area contributed by atoms with E-state index in [1.165, 1.54) is 5.56 Å². The molecule has 2 nitrogen and oxygen atoms in total. The Morgan fingerprint density at radius 2 is 1.90 bits per heavy atom. The summed E-state index contributed by atoms with van der Waals surface area (Å²) in [6.45, 7) is 0.716. The monoisotopic (exact) mass is 287 g/mol. The molecule has 0 bridgehead atoms. The molecule has 0 fully saturated rings. The molecular formula is C17H18ClNO. The highest BCUT2D eigenvalue weighted by atomic mass is 35.5. The van der Waals surface area contributed by atoms with E-state index in [-0.39, 0.29) is 6.04 Å². The van der Waals surface area contributed by atoms with Crippen molar-refractivity contribution in [1.29, 1.82) is 0 Å². The molecule has 104 valence electrons. The predicted molar refractivity (Wildman–Crippen MR) is 82.4 cm³/mol. The topological polar surface area (TPSA) is 21.3 Å². The van der Waals surface area contributed by atoms with Gasteiger partial charge in [0.1, 0.15) is 5.75 Å². The van der Waals surface area contributed by atoms with Gasteiger partial charge in [0, 0.05) is 17.0 Å². The van der Waals surface area contributed by atoms with E-state index in [9.17, 15) is 0 Å². The molecule has 3 heteroatoms. The standard InChI is InChI=1S/C17H18ClNO/c1-19-17(14-7-3-4-8-15(14)18)13-10-12-6-2-5-9-16(12)20-11-13/h2-9,13,17,19H,10-11H2,1H3. The lowest BCUT2D eigenvalue weighted by atomic mass is 9.86. The molecule has 0 radical (unpaired) electrons. The number of benzene rings is 2. The molecule has 0 spiro atoms. The third-order valence-electron chi connectivity index (χ3n) is 3.93. The summed E-state index contributed by atoms with van der Waals surface area (Å²) >= 11 is 6.34. The number of hydrogen-bond donors (Lipinski definition) is 1. The Kier molecular flexibility index (Phi) is 3.95. The second-order valence-corrected chi connectivity index (χ2v) is 5.58. The lowest BCUT2D eigenvalue weighted by Gasteiger charge is -2.32. The molecule has 2 aromatic rings. The zero-order valence-corrected chi connectivity index (χ0v) is 12.2. The highest BCUT2D eigenvalue weighted by Gasteiger charge is 2.28. The second kappa shape index (κ2) is 5.86. The largest absolute Gasteiger partial charge is 0.493 e. The molecule has 0 saturated carbocycles. The molecule has 2 aromatic carbocycles. The van der Waals surface area contributed by atoms with Crippen LogP contribution in [0.2, 0.25) is 5.02 Å². The van der Waals surface area contributed by atoms with Crippen LogP contribution in [-0.2, 0) is 6.42 Å². The SMILES string of the molecule is CNC(c1ccccc1Cl)C1COc2ccccc2C1. The Labute approximate surface area is 124 Å². The van der Waals surface area contributed by atoms with Crippen LogP contribution >= 0.6 is 11.6 Å². The molecule has 0 aromatic heterocycles. The summed E-state index contributed by atoms with van der Waals surface area (Å²) in [6.07, 6.45) is 1.01. The fraction of sp³-hybridized carbons (Fsp3) is 0.294. The summed E-state index contributed by atoms with van der Waals surface area (Å²) in [7, 11) is 1.98. The van der Waals surface area contributed by atoms with E-state index >= 15 is 0 Å². The minimum atomic E-state index is 0.206. The van der Waals surface area contributed by atoms with Crippen molar-refractivity contribution in [2.45, 2.75) is 12.5 Å². The minimum Gasteiger partial charge on any atom is -0.493 e. The van der Waals surface area contributed by atoms with Crippen molar-refractivity contribution < 1.29 is 4.74 Å². The van der Waals surface area contributed by atoms with E-state index in [1.54, 1.807) is 0 Å². The number of para-hydroxylation sites is 1. The zero-order chi connectivity index (χ0) is 13.9. The average molecular weight is 288 g/mol. The number of hydrogen-bond acceptors (Lipinski definition) is 2. The van der Waals surface area contributed by atoms with Gasteiger partial charge in [-0.05, 0) is 36.7 Å². The maximum Gasteiger partial charge on any atom is 0.122 e. The lowest BCUT2D eigenvalue weighted by Crippen LogP contribution is -2.33. The van der Waals surface area contributed by atoms with Crippen LogP contribution < -0.4 is 10.1 Å². The first-order valence-corrected chi connectivity index (χ1v) is 7.30. The Morgan fingerprint density at radius 1 is 1.15 bits per heavy atom. The minimum absolute atomic E-state index is 0.206. The summed E-state index contributed by atoms with van der Waals surface area (Å²) in [5.74, 6) is 1.40. The summed E-state index contributed by atoms with van der Waals surface area (Å²) in [6, 6.07) is 16.5. The molecule has 1 aliphatic rings. The van der Waals surface area contributed by atoms with Crippen LogP contribution in [0.5, 0.6) is 5.75 Å². The van der Waals surface area contributed by atoms with Crippen LogP contribution in [0.4, 0.5) is 0 Å². The van der Waals surface area contributed by atoms with Gasteiger partial charge in [-0.1, -0.05) is 48.0 Å². The first kappa shape index (κ1) is 13.5. The molecule has 2 atom stereocenters. The summed E-state index contributed by atoms with van der Waals surface area (Å²) in [5.41, 5.74) is 2.42. The molecule has 3 rings (SSSR count). The van der Waals surface area contributed by atoms with Gasteiger partial charge in [0.25, 0.3) is 0 Å². The summed E-state index contributed by atoms with van der Waals surface area (Å²) < 4.78 is 5.90. The van der Waals surface area contributed by atoms with Gasteiger partial charge in [0.05, 0.1) is 6.61 Å². The molecule has 1 N–H and O–H groups in total. The van der Waals surface area contributed by atoms with Gasteiger partial charge in [-0.15, -0.1) is 0 Å². The first-order chi connectivity index (χ1) is 9.79. The smallest absolute Gasteiger partial charge is 0.122 e. The van der Waals surface area contributed by atoms with Crippen molar-refractivity contribution in [3.05, 3.63) is 64.7 Å². The number of halogens is 1. The highest BCUT2D eigenvalue weighted by Crippen LogP contribution is 2.35. The van der Waals surface area contributed by atoms with E-state index in [1.807, 2.05) is 37.4 Å². The van der Waals surface area contributed by atoms with Crippen molar-refractivity contribution in [3.8, 4) is 5.75 Å². The average Bonchev–Trinajstić information content (AvgIpc) is 2.50. The van der Waals surface area contributed by atoms with Gasteiger partial charge in [-0.2, -0.15) is 0 Å². The van der Waals surface area contributed by atoms with Crippen LogP contribution in [0.3, 0.4) is 0 Å². The van der Waals surface area contributed by atoms with Gasteiger partial charge in [0.2, 0.25) is 0 Å². The first-order valence-electron chi connectivity index (χ1n) is 6.92. The maximum absolute atomic E-state index is 6.34. The summed E-state index contributed by atoms with van der Waals surface area (Å²) in [5, 5.41) is 4.21. The van der Waals surface area contributed by atoms with Crippen LogP contribution in [0, 0.1) is 5.92 Å². The molecule has 0 saturated heterocycles. The molecule has 2 unspecified atom stereocenters. The van der Waals surface area contributed by atoms with Gasteiger partial charge in [-0.25, -0.2) is 0 Å². The predicted octanol–water partition coefficient (Wildman–Crippen LogP) is 3.85. The molecule has 0 amide bonds. The second-order valence-electron chi connectivity index (χ2n) is 5.17. The van der Waals surface area contributed by atoms with E-state index in [0.717, 1.165) is 22.8 Å². The molecule has 0 aliphatic carbocycles.